The van der Waals surface area contributed by atoms with Crippen LogP contribution in [0.2, 0.25) is 18.1 Å². The first kappa shape index (κ1) is 15.9. The fraction of sp³-hybridized carbons (Fsp3) is 0.444. The minimum atomic E-state index is -1.81. The van der Waals surface area contributed by atoms with E-state index in [0.717, 1.165) is 5.88 Å². The number of aromatic nitrogens is 1. The normalized spacial score (nSPS) is 14.0. The van der Waals surface area contributed by atoms with Crippen LogP contribution in [0.5, 0.6) is 5.88 Å². The van der Waals surface area contributed by atoms with Crippen molar-refractivity contribution in [1.29, 1.82) is 0 Å². The Morgan fingerprint density at radius 1 is 1.00 bits per heavy atom. The van der Waals surface area contributed by atoms with Gasteiger partial charge in [-0.15, -0.1) is 0 Å². The molecule has 0 aliphatic carbocycles. The lowest BCUT2D eigenvalue weighted by atomic mass is 10.1. The van der Waals surface area contributed by atoms with Crippen molar-refractivity contribution >= 4 is 8.32 Å². The molecular formula is C18H27NOSi. The topological polar surface area (TPSA) is 14.2 Å². The number of nitrogens with zero attached hydrogens (tertiary/aromatic N) is 1. The first-order chi connectivity index (χ1) is 9.72. The number of hydrogen-bond donors (Lipinski definition) is 0. The number of hydrogen-bond acceptors (Lipinski definition) is 1. The van der Waals surface area contributed by atoms with Crippen LogP contribution in [0.15, 0.2) is 48.7 Å². The Labute approximate surface area is 129 Å². The lowest BCUT2D eigenvalue weighted by Crippen LogP contribution is -2.44. The van der Waals surface area contributed by atoms with E-state index in [1.54, 1.807) is 0 Å². The van der Waals surface area contributed by atoms with Crippen molar-refractivity contribution in [3.63, 3.8) is 0 Å². The van der Waals surface area contributed by atoms with Gasteiger partial charge in [0.2, 0.25) is 0 Å². The molecular weight excluding hydrogens is 274 g/mol. The highest BCUT2D eigenvalue weighted by Crippen LogP contribution is 2.38. The summed E-state index contributed by atoms with van der Waals surface area (Å²) in [6.45, 7) is 13.6. The maximum absolute atomic E-state index is 6.48. The summed E-state index contributed by atoms with van der Waals surface area (Å²) in [6.07, 6.45) is 2.11. The first-order valence-electron chi connectivity index (χ1n) is 7.63. The molecule has 1 aromatic carbocycles. The van der Waals surface area contributed by atoms with Crippen LogP contribution in [0.3, 0.4) is 0 Å². The highest BCUT2D eigenvalue weighted by molar-refractivity contribution is 6.74. The van der Waals surface area contributed by atoms with Crippen LogP contribution in [-0.2, 0) is 0 Å². The van der Waals surface area contributed by atoms with E-state index in [-0.39, 0.29) is 11.1 Å². The molecule has 0 saturated carbocycles. The SMILES string of the molecule is C[C@H](c1ccccc1)n1cccc1O[Si](C)(C)C(C)(C)C. The summed E-state index contributed by atoms with van der Waals surface area (Å²) < 4.78 is 8.71. The molecule has 0 radical (unpaired) electrons. The van der Waals surface area contributed by atoms with Gasteiger partial charge >= 0.3 is 0 Å². The van der Waals surface area contributed by atoms with Crippen LogP contribution < -0.4 is 4.43 Å². The fourth-order valence-electron chi connectivity index (χ4n) is 2.09. The monoisotopic (exact) mass is 301 g/mol. The van der Waals surface area contributed by atoms with Gasteiger partial charge in [0, 0.05) is 6.20 Å². The van der Waals surface area contributed by atoms with Gasteiger partial charge < -0.3 is 8.99 Å². The maximum Gasteiger partial charge on any atom is 0.252 e. The second-order valence-corrected chi connectivity index (χ2v) is 11.9. The minimum Gasteiger partial charge on any atom is -0.532 e. The molecule has 2 rings (SSSR count). The van der Waals surface area contributed by atoms with Crippen molar-refractivity contribution in [3.05, 3.63) is 54.2 Å². The molecule has 2 aromatic rings. The van der Waals surface area contributed by atoms with Crippen molar-refractivity contribution < 1.29 is 4.43 Å². The van der Waals surface area contributed by atoms with E-state index in [0.29, 0.717) is 0 Å². The first-order valence-corrected chi connectivity index (χ1v) is 10.5. The predicted molar refractivity (Wildman–Crippen MR) is 92.5 cm³/mol. The molecule has 1 aromatic heterocycles. The summed E-state index contributed by atoms with van der Waals surface area (Å²) in [5.41, 5.74) is 1.30. The average Bonchev–Trinajstić information content (AvgIpc) is 2.85. The van der Waals surface area contributed by atoms with E-state index in [9.17, 15) is 0 Å². The van der Waals surface area contributed by atoms with Crippen molar-refractivity contribution in [1.82, 2.24) is 4.57 Å². The molecule has 3 heteroatoms. The Kier molecular flexibility index (Phi) is 4.33. The predicted octanol–water partition coefficient (Wildman–Crippen LogP) is 5.48. The smallest absolute Gasteiger partial charge is 0.252 e. The molecule has 21 heavy (non-hydrogen) atoms. The van der Waals surface area contributed by atoms with E-state index < -0.39 is 8.32 Å². The summed E-state index contributed by atoms with van der Waals surface area (Å²) in [5.74, 6) is 0.984. The van der Waals surface area contributed by atoms with Gasteiger partial charge in [-0.1, -0.05) is 51.1 Å². The van der Waals surface area contributed by atoms with E-state index in [1.807, 2.05) is 0 Å². The molecule has 1 heterocycles. The molecule has 1 atom stereocenters. The van der Waals surface area contributed by atoms with Crippen LogP contribution in [0, 0.1) is 0 Å². The minimum absolute atomic E-state index is 0.206. The van der Waals surface area contributed by atoms with Gasteiger partial charge in [0.05, 0.1) is 6.04 Å². The third-order valence-corrected chi connectivity index (χ3v) is 8.94. The summed E-state index contributed by atoms with van der Waals surface area (Å²) >= 11 is 0. The van der Waals surface area contributed by atoms with Crippen LogP contribution in [0.1, 0.15) is 39.3 Å². The number of benzene rings is 1. The maximum atomic E-state index is 6.48. The van der Waals surface area contributed by atoms with E-state index in [1.165, 1.54) is 5.56 Å². The molecule has 0 amide bonds. The van der Waals surface area contributed by atoms with Gasteiger partial charge in [0.15, 0.2) is 5.88 Å². The third-order valence-electron chi connectivity index (χ3n) is 4.61. The quantitative estimate of drug-likeness (QED) is 0.682. The van der Waals surface area contributed by atoms with Crippen LogP contribution in [0.25, 0.3) is 0 Å². The highest BCUT2D eigenvalue weighted by Gasteiger charge is 2.39. The van der Waals surface area contributed by atoms with Gasteiger partial charge in [0.1, 0.15) is 0 Å². The molecule has 0 N–H and O–H groups in total. The molecule has 0 saturated heterocycles. The zero-order valence-corrected chi connectivity index (χ0v) is 15.1. The molecule has 0 spiro atoms. The van der Waals surface area contributed by atoms with Gasteiger partial charge in [-0.2, -0.15) is 0 Å². The Bertz CT molecular complexity index is 581. The summed E-state index contributed by atoms with van der Waals surface area (Å²) in [4.78, 5) is 0. The second kappa shape index (κ2) is 5.72. The summed E-state index contributed by atoms with van der Waals surface area (Å²) in [5, 5.41) is 0.206. The van der Waals surface area contributed by atoms with Crippen LogP contribution >= 0.6 is 0 Å². The lowest BCUT2D eigenvalue weighted by Gasteiger charge is -2.37. The zero-order valence-electron chi connectivity index (χ0n) is 14.1. The second-order valence-electron chi connectivity index (χ2n) is 7.20. The standard InChI is InChI=1S/C18H27NOSi/c1-15(16-11-8-7-9-12-16)19-14-10-13-17(19)20-21(5,6)18(2,3)4/h7-15H,1-6H3/t15-/m1/s1. The van der Waals surface area contributed by atoms with Crippen molar-refractivity contribution in [2.45, 2.75) is 51.9 Å². The van der Waals surface area contributed by atoms with Crippen LogP contribution in [0.4, 0.5) is 0 Å². The Morgan fingerprint density at radius 3 is 2.19 bits per heavy atom. The molecule has 114 valence electrons. The lowest BCUT2D eigenvalue weighted by molar-refractivity contribution is 0.436. The van der Waals surface area contributed by atoms with Crippen molar-refractivity contribution in [2.75, 3.05) is 0 Å². The Balaban J connectivity index is 2.28. The molecule has 0 aliphatic rings. The van der Waals surface area contributed by atoms with Crippen molar-refractivity contribution in [3.8, 4) is 5.88 Å². The van der Waals surface area contributed by atoms with Crippen LogP contribution in [-0.4, -0.2) is 12.9 Å². The highest BCUT2D eigenvalue weighted by atomic mass is 28.4. The number of rotatable bonds is 4. The van der Waals surface area contributed by atoms with E-state index >= 15 is 0 Å². The molecule has 2 nitrogen and oxygen atoms in total. The average molecular weight is 302 g/mol. The van der Waals surface area contributed by atoms with Gasteiger partial charge in [0.25, 0.3) is 8.32 Å². The van der Waals surface area contributed by atoms with Gasteiger partial charge in [-0.25, -0.2) is 0 Å². The Morgan fingerprint density at radius 2 is 1.62 bits per heavy atom. The molecule has 0 fully saturated rings. The molecule has 0 bridgehead atoms. The largest absolute Gasteiger partial charge is 0.532 e. The fourth-order valence-corrected chi connectivity index (χ4v) is 3.09. The Hall–Kier alpha value is -1.48. The summed E-state index contributed by atoms with van der Waals surface area (Å²) in [6, 6.07) is 15.0. The van der Waals surface area contributed by atoms with Gasteiger partial charge in [-0.05, 0) is 42.8 Å². The van der Waals surface area contributed by atoms with E-state index in [4.69, 9.17) is 4.43 Å². The van der Waals surface area contributed by atoms with E-state index in [2.05, 4.69) is 94.0 Å². The zero-order chi connectivity index (χ0) is 15.7. The molecule has 0 unspecified atom stereocenters. The van der Waals surface area contributed by atoms with Gasteiger partial charge in [-0.3, -0.25) is 0 Å². The molecule has 0 aliphatic heterocycles. The summed E-state index contributed by atoms with van der Waals surface area (Å²) in [7, 11) is -1.81. The van der Waals surface area contributed by atoms with Crippen molar-refractivity contribution in [2.24, 2.45) is 0 Å². The third kappa shape index (κ3) is 3.41.